The minimum atomic E-state index is -4.74. The maximum atomic E-state index is 12.4. The number of nitrogens with zero attached hydrogens (tertiary/aromatic N) is 1. The molecule has 0 heterocycles. The van der Waals surface area contributed by atoms with Crippen LogP contribution >= 0.6 is 0 Å². The van der Waals surface area contributed by atoms with Crippen LogP contribution in [-0.4, -0.2) is 6.18 Å². The van der Waals surface area contributed by atoms with Gasteiger partial charge in [-0.2, -0.15) is 13.2 Å². The van der Waals surface area contributed by atoms with Crippen LogP contribution in [0.4, 0.5) is 17.6 Å². The lowest BCUT2D eigenvalue weighted by molar-refractivity contribution is -0.148. The Balaban J connectivity index is 3.02. The molecule has 0 aliphatic carbocycles. The highest BCUT2D eigenvalue weighted by atomic mass is 19.4. The number of halogens is 4. The summed E-state index contributed by atoms with van der Waals surface area (Å²) in [7, 11) is 0. The average Bonchev–Trinajstić information content (AvgIpc) is 2.07. The summed E-state index contributed by atoms with van der Waals surface area (Å²) >= 11 is 0. The predicted molar refractivity (Wildman–Crippen MR) is 41.0 cm³/mol. The maximum absolute atomic E-state index is 12.4. The summed E-state index contributed by atoms with van der Waals surface area (Å²) < 4.78 is 48.7. The van der Waals surface area contributed by atoms with Crippen LogP contribution in [0.2, 0.25) is 0 Å². The van der Waals surface area contributed by atoms with E-state index in [2.05, 4.69) is 0 Å². The van der Waals surface area contributed by atoms with E-state index in [-0.39, 0.29) is 5.56 Å². The molecule has 1 unspecified atom stereocenters. The van der Waals surface area contributed by atoms with E-state index in [0.717, 1.165) is 24.3 Å². The summed E-state index contributed by atoms with van der Waals surface area (Å²) in [6.45, 7) is 0. The molecule has 1 aromatic carbocycles. The van der Waals surface area contributed by atoms with Crippen molar-refractivity contribution >= 4 is 0 Å². The van der Waals surface area contributed by atoms with Gasteiger partial charge in [-0.1, -0.05) is 17.3 Å². The van der Waals surface area contributed by atoms with E-state index < -0.39 is 18.0 Å². The minimum absolute atomic E-state index is 0.367. The molecule has 0 bridgehead atoms. The normalized spacial score (nSPS) is 13.7. The van der Waals surface area contributed by atoms with Crippen molar-refractivity contribution in [3.05, 3.63) is 40.6 Å². The van der Waals surface area contributed by atoms with Crippen LogP contribution < -0.4 is 0 Å². The van der Waals surface area contributed by atoms with E-state index in [1.807, 2.05) is 5.18 Å². The molecule has 1 rings (SSSR count). The van der Waals surface area contributed by atoms with Crippen molar-refractivity contribution in [3.8, 4) is 0 Å². The molecule has 2 nitrogen and oxygen atoms in total. The van der Waals surface area contributed by atoms with E-state index in [0.29, 0.717) is 0 Å². The van der Waals surface area contributed by atoms with E-state index >= 15 is 0 Å². The smallest absolute Gasteiger partial charge is 0.207 e. The zero-order valence-corrected chi connectivity index (χ0v) is 6.75. The first-order valence-corrected chi connectivity index (χ1v) is 3.60. The number of rotatable bonds is 2. The first kappa shape index (κ1) is 10.6. The fourth-order valence-corrected chi connectivity index (χ4v) is 0.955. The summed E-state index contributed by atoms with van der Waals surface area (Å²) in [4.78, 5) is 9.97. The first-order chi connectivity index (χ1) is 6.45. The quantitative estimate of drug-likeness (QED) is 0.540. The van der Waals surface area contributed by atoms with Gasteiger partial charge >= 0.3 is 6.18 Å². The number of benzene rings is 1. The van der Waals surface area contributed by atoms with Crippen LogP contribution in [0, 0.1) is 10.7 Å². The lowest BCUT2D eigenvalue weighted by Crippen LogP contribution is -2.18. The summed E-state index contributed by atoms with van der Waals surface area (Å²) in [6.07, 6.45) is -4.74. The average molecular weight is 207 g/mol. The maximum Gasteiger partial charge on any atom is 0.418 e. The first-order valence-electron chi connectivity index (χ1n) is 3.60. The second-order valence-electron chi connectivity index (χ2n) is 2.60. The van der Waals surface area contributed by atoms with Gasteiger partial charge < -0.3 is 0 Å². The second-order valence-corrected chi connectivity index (χ2v) is 2.60. The van der Waals surface area contributed by atoms with Gasteiger partial charge in [0, 0.05) is 0 Å². The number of hydrogen-bond donors (Lipinski definition) is 0. The zero-order chi connectivity index (χ0) is 10.8. The Morgan fingerprint density at radius 3 is 2.00 bits per heavy atom. The standard InChI is InChI=1S/C8H5F4NO/c9-6-3-1-5(2-4-6)7(13-14)8(10,11)12/h1-4,7H. The summed E-state index contributed by atoms with van der Waals surface area (Å²) in [5.41, 5.74) is -0.367. The summed E-state index contributed by atoms with van der Waals surface area (Å²) in [5, 5.41) is 1.96. The number of nitroso groups, excluding NO2 is 1. The van der Waals surface area contributed by atoms with Crippen molar-refractivity contribution in [2.24, 2.45) is 5.18 Å². The second kappa shape index (κ2) is 3.73. The van der Waals surface area contributed by atoms with Crippen LogP contribution in [0.3, 0.4) is 0 Å². The highest BCUT2D eigenvalue weighted by molar-refractivity contribution is 5.21. The summed E-state index contributed by atoms with van der Waals surface area (Å²) in [5.74, 6) is -0.666. The Bertz CT molecular complexity index is 319. The third-order valence-electron chi connectivity index (χ3n) is 1.60. The van der Waals surface area contributed by atoms with Crippen molar-refractivity contribution in [1.82, 2.24) is 0 Å². The molecule has 0 N–H and O–H groups in total. The van der Waals surface area contributed by atoms with Gasteiger partial charge in [-0.25, -0.2) is 4.39 Å². The Labute approximate surface area is 76.5 Å². The van der Waals surface area contributed by atoms with Gasteiger partial charge in [-0.3, -0.25) is 0 Å². The van der Waals surface area contributed by atoms with Crippen molar-refractivity contribution in [2.45, 2.75) is 12.2 Å². The van der Waals surface area contributed by atoms with E-state index in [1.54, 1.807) is 0 Å². The third kappa shape index (κ3) is 2.27. The lowest BCUT2D eigenvalue weighted by Gasteiger charge is -2.12. The van der Waals surface area contributed by atoms with Gasteiger partial charge in [-0.05, 0) is 17.7 Å². The molecule has 0 saturated carbocycles. The molecule has 0 aliphatic rings. The molecule has 0 saturated heterocycles. The van der Waals surface area contributed by atoms with Gasteiger partial charge in [-0.15, -0.1) is 4.91 Å². The number of hydrogen-bond acceptors (Lipinski definition) is 2. The van der Waals surface area contributed by atoms with Crippen LogP contribution in [0.1, 0.15) is 11.6 Å². The van der Waals surface area contributed by atoms with E-state index in [9.17, 15) is 22.5 Å². The molecule has 76 valence electrons. The molecule has 1 atom stereocenters. The molecule has 0 radical (unpaired) electrons. The van der Waals surface area contributed by atoms with Gasteiger partial charge in [0.15, 0.2) is 0 Å². The molecule has 1 aromatic rings. The lowest BCUT2D eigenvalue weighted by atomic mass is 10.1. The largest absolute Gasteiger partial charge is 0.418 e. The SMILES string of the molecule is O=NC(c1ccc(F)cc1)C(F)(F)F. The fourth-order valence-electron chi connectivity index (χ4n) is 0.955. The van der Waals surface area contributed by atoms with Crippen molar-refractivity contribution in [3.63, 3.8) is 0 Å². The van der Waals surface area contributed by atoms with Crippen molar-refractivity contribution in [1.29, 1.82) is 0 Å². The van der Waals surface area contributed by atoms with Gasteiger partial charge in [0.25, 0.3) is 0 Å². The van der Waals surface area contributed by atoms with Gasteiger partial charge in [0.2, 0.25) is 6.04 Å². The fraction of sp³-hybridized carbons (Fsp3) is 0.250. The highest BCUT2D eigenvalue weighted by Crippen LogP contribution is 2.35. The van der Waals surface area contributed by atoms with E-state index in [1.165, 1.54) is 0 Å². The van der Waals surface area contributed by atoms with Crippen LogP contribution in [0.25, 0.3) is 0 Å². The van der Waals surface area contributed by atoms with Crippen molar-refractivity contribution in [2.75, 3.05) is 0 Å². The topological polar surface area (TPSA) is 29.4 Å². The molecular weight excluding hydrogens is 202 g/mol. The van der Waals surface area contributed by atoms with Crippen LogP contribution in [-0.2, 0) is 0 Å². The Kier molecular flexibility index (Phi) is 2.83. The molecule has 0 fully saturated rings. The van der Waals surface area contributed by atoms with Gasteiger partial charge in [0.1, 0.15) is 5.82 Å². The molecule has 0 aromatic heterocycles. The Hall–Kier alpha value is -1.46. The monoisotopic (exact) mass is 207 g/mol. The minimum Gasteiger partial charge on any atom is -0.207 e. The molecular formula is C8H5F4NO. The molecule has 0 aliphatic heterocycles. The molecule has 14 heavy (non-hydrogen) atoms. The third-order valence-corrected chi connectivity index (χ3v) is 1.60. The van der Waals surface area contributed by atoms with Crippen LogP contribution in [0.5, 0.6) is 0 Å². The Morgan fingerprint density at radius 2 is 1.64 bits per heavy atom. The predicted octanol–water partition coefficient (Wildman–Crippen LogP) is 3.20. The highest BCUT2D eigenvalue weighted by Gasteiger charge is 2.42. The molecule has 6 heteroatoms. The van der Waals surface area contributed by atoms with Crippen molar-refractivity contribution < 1.29 is 17.6 Å². The van der Waals surface area contributed by atoms with E-state index in [4.69, 9.17) is 0 Å². The Morgan fingerprint density at radius 1 is 1.14 bits per heavy atom. The zero-order valence-electron chi connectivity index (χ0n) is 6.75. The van der Waals surface area contributed by atoms with Crippen LogP contribution in [0.15, 0.2) is 29.4 Å². The molecule has 0 amide bonds. The molecule has 0 spiro atoms. The number of alkyl halides is 3. The van der Waals surface area contributed by atoms with Gasteiger partial charge in [0.05, 0.1) is 0 Å². The summed E-state index contributed by atoms with van der Waals surface area (Å²) in [6, 6.07) is 1.03.